The minimum Gasteiger partial charge on any atom is -0.304 e. The molecule has 3 heteroatoms. The van der Waals surface area contributed by atoms with E-state index < -0.39 is 0 Å². The lowest BCUT2D eigenvalue weighted by atomic mass is 10.0. The van der Waals surface area contributed by atoms with Crippen LogP contribution in [0.25, 0.3) is 0 Å². The molecule has 0 amide bonds. The lowest BCUT2D eigenvalue weighted by Gasteiger charge is -2.42. The van der Waals surface area contributed by atoms with Gasteiger partial charge in [-0.3, -0.25) is 4.90 Å². The summed E-state index contributed by atoms with van der Waals surface area (Å²) < 4.78 is 0. The minimum atomic E-state index is 0.341. The lowest BCUT2D eigenvalue weighted by Crippen LogP contribution is -2.53. The van der Waals surface area contributed by atoms with Crippen molar-refractivity contribution in [1.29, 1.82) is 0 Å². The molecule has 0 atom stereocenters. The molecule has 1 saturated heterocycles. The highest BCUT2D eigenvalue weighted by Gasteiger charge is 2.25. The second kappa shape index (κ2) is 7.46. The van der Waals surface area contributed by atoms with Crippen molar-refractivity contribution in [1.82, 2.24) is 14.7 Å². The molecule has 3 nitrogen and oxygen atoms in total. The molecule has 0 N–H and O–H groups in total. The molecule has 18 heavy (non-hydrogen) atoms. The van der Waals surface area contributed by atoms with Crippen LogP contribution in [0.2, 0.25) is 0 Å². The maximum atomic E-state index is 2.63. The highest BCUT2D eigenvalue weighted by molar-refractivity contribution is 4.81. The first-order chi connectivity index (χ1) is 8.47. The van der Waals surface area contributed by atoms with Gasteiger partial charge in [0, 0.05) is 31.7 Å². The summed E-state index contributed by atoms with van der Waals surface area (Å²) in [5.74, 6) is 0. The van der Waals surface area contributed by atoms with Gasteiger partial charge in [-0.15, -0.1) is 0 Å². The van der Waals surface area contributed by atoms with Gasteiger partial charge in [-0.25, -0.2) is 0 Å². The van der Waals surface area contributed by atoms with Gasteiger partial charge in [-0.1, -0.05) is 13.8 Å². The van der Waals surface area contributed by atoms with Crippen molar-refractivity contribution in [2.75, 3.05) is 52.4 Å². The third-order valence-electron chi connectivity index (χ3n) is 4.16. The minimum absolute atomic E-state index is 0.341. The Morgan fingerprint density at radius 1 is 0.944 bits per heavy atom. The Morgan fingerprint density at radius 2 is 1.50 bits per heavy atom. The fraction of sp³-hybridized carbons (Fsp3) is 1.00. The smallest absolute Gasteiger partial charge is 0.0126 e. The first-order valence-corrected chi connectivity index (χ1v) is 7.67. The van der Waals surface area contributed by atoms with Crippen LogP contribution in [0.15, 0.2) is 0 Å². The maximum absolute atomic E-state index is 2.63. The molecule has 0 aromatic carbocycles. The molecule has 1 rings (SSSR count). The van der Waals surface area contributed by atoms with Gasteiger partial charge in [0.15, 0.2) is 0 Å². The highest BCUT2D eigenvalue weighted by atomic mass is 15.3. The Bertz CT molecular complexity index is 210. The molecule has 1 aliphatic rings. The van der Waals surface area contributed by atoms with E-state index in [2.05, 4.69) is 49.3 Å². The van der Waals surface area contributed by atoms with E-state index in [9.17, 15) is 0 Å². The summed E-state index contributed by atoms with van der Waals surface area (Å²) in [6, 6.07) is 0. The molecule has 1 aliphatic heterocycles. The van der Waals surface area contributed by atoms with Gasteiger partial charge < -0.3 is 9.80 Å². The van der Waals surface area contributed by atoms with Crippen molar-refractivity contribution in [3.8, 4) is 0 Å². The molecule has 1 fully saturated rings. The summed E-state index contributed by atoms with van der Waals surface area (Å²) >= 11 is 0. The van der Waals surface area contributed by atoms with Crippen LogP contribution >= 0.6 is 0 Å². The van der Waals surface area contributed by atoms with Crippen LogP contribution in [-0.2, 0) is 0 Å². The summed E-state index contributed by atoms with van der Waals surface area (Å²) in [5, 5.41) is 0. The van der Waals surface area contributed by atoms with E-state index in [0.29, 0.717) is 5.54 Å². The number of hydrogen-bond donors (Lipinski definition) is 0. The zero-order valence-electron chi connectivity index (χ0n) is 13.2. The van der Waals surface area contributed by atoms with Gasteiger partial charge in [-0.05, 0) is 53.4 Å². The van der Waals surface area contributed by atoms with Crippen LogP contribution in [0.1, 0.15) is 41.0 Å². The van der Waals surface area contributed by atoms with E-state index in [4.69, 9.17) is 0 Å². The Hall–Kier alpha value is -0.120. The Morgan fingerprint density at radius 3 is 1.94 bits per heavy atom. The molecule has 0 aliphatic carbocycles. The summed E-state index contributed by atoms with van der Waals surface area (Å²) in [4.78, 5) is 7.75. The molecule has 0 radical (unpaired) electrons. The summed E-state index contributed by atoms with van der Waals surface area (Å²) in [5.41, 5.74) is 0.341. The van der Waals surface area contributed by atoms with Crippen LogP contribution in [0.5, 0.6) is 0 Å². The molecular weight excluding hydrogens is 222 g/mol. The number of rotatable bonds is 6. The zero-order valence-corrected chi connectivity index (χ0v) is 13.2. The fourth-order valence-electron chi connectivity index (χ4n) is 2.70. The highest BCUT2D eigenvalue weighted by Crippen LogP contribution is 2.15. The number of nitrogens with zero attached hydrogens (tertiary/aromatic N) is 3. The normalized spacial score (nSPS) is 19.7. The van der Waals surface area contributed by atoms with Crippen molar-refractivity contribution in [3.63, 3.8) is 0 Å². The molecule has 108 valence electrons. The SMILES string of the molecule is CCN(CC)CCCN1CCN(C(C)(C)C)CC1. The van der Waals surface area contributed by atoms with E-state index in [1.807, 2.05) is 0 Å². The van der Waals surface area contributed by atoms with Crippen molar-refractivity contribution in [3.05, 3.63) is 0 Å². The van der Waals surface area contributed by atoms with Gasteiger partial charge in [0.25, 0.3) is 0 Å². The first kappa shape index (κ1) is 15.9. The lowest BCUT2D eigenvalue weighted by molar-refractivity contribution is 0.0606. The number of piperazine rings is 1. The summed E-state index contributed by atoms with van der Waals surface area (Å²) in [6.45, 7) is 21.3. The third-order valence-corrected chi connectivity index (χ3v) is 4.16. The van der Waals surface area contributed by atoms with E-state index >= 15 is 0 Å². The molecule has 0 saturated carbocycles. The van der Waals surface area contributed by atoms with Crippen LogP contribution in [-0.4, -0.2) is 72.6 Å². The third kappa shape index (κ3) is 5.25. The molecular formula is C15H33N3. The van der Waals surface area contributed by atoms with E-state index in [1.165, 1.54) is 58.8 Å². The number of hydrogen-bond acceptors (Lipinski definition) is 3. The van der Waals surface area contributed by atoms with Crippen LogP contribution in [0.3, 0.4) is 0 Å². The average Bonchev–Trinajstić information content (AvgIpc) is 2.34. The maximum Gasteiger partial charge on any atom is 0.0126 e. The second-order valence-corrected chi connectivity index (χ2v) is 6.38. The standard InChI is InChI=1S/C15H33N3/c1-6-16(7-2)9-8-10-17-11-13-18(14-12-17)15(3,4)5/h6-14H2,1-5H3. The fourth-order valence-corrected chi connectivity index (χ4v) is 2.70. The van der Waals surface area contributed by atoms with Crippen LogP contribution in [0.4, 0.5) is 0 Å². The van der Waals surface area contributed by atoms with E-state index in [0.717, 1.165) is 0 Å². The predicted octanol–water partition coefficient (Wildman–Crippen LogP) is 2.13. The van der Waals surface area contributed by atoms with E-state index in [1.54, 1.807) is 0 Å². The summed E-state index contributed by atoms with van der Waals surface area (Å²) in [7, 11) is 0. The Balaban J connectivity index is 2.16. The van der Waals surface area contributed by atoms with E-state index in [-0.39, 0.29) is 0 Å². The molecule has 0 aromatic heterocycles. The van der Waals surface area contributed by atoms with Crippen LogP contribution in [0, 0.1) is 0 Å². The second-order valence-electron chi connectivity index (χ2n) is 6.38. The van der Waals surface area contributed by atoms with Gasteiger partial charge in [0.1, 0.15) is 0 Å². The summed E-state index contributed by atoms with van der Waals surface area (Å²) in [6.07, 6.45) is 1.32. The van der Waals surface area contributed by atoms with Crippen LogP contribution < -0.4 is 0 Å². The van der Waals surface area contributed by atoms with Crippen molar-refractivity contribution in [2.24, 2.45) is 0 Å². The van der Waals surface area contributed by atoms with Gasteiger partial charge >= 0.3 is 0 Å². The molecule has 1 heterocycles. The average molecular weight is 255 g/mol. The molecule has 0 aromatic rings. The molecule has 0 bridgehead atoms. The quantitative estimate of drug-likeness (QED) is 0.720. The molecule has 0 unspecified atom stereocenters. The van der Waals surface area contributed by atoms with Crippen molar-refractivity contribution < 1.29 is 0 Å². The largest absolute Gasteiger partial charge is 0.304 e. The van der Waals surface area contributed by atoms with Crippen molar-refractivity contribution in [2.45, 2.75) is 46.6 Å². The zero-order chi connectivity index (χ0) is 13.6. The van der Waals surface area contributed by atoms with Gasteiger partial charge in [0.05, 0.1) is 0 Å². The predicted molar refractivity (Wildman–Crippen MR) is 80.2 cm³/mol. The van der Waals surface area contributed by atoms with Gasteiger partial charge in [0.2, 0.25) is 0 Å². The Kier molecular flexibility index (Phi) is 6.61. The Labute approximate surface area is 114 Å². The molecule has 0 spiro atoms. The van der Waals surface area contributed by atoms with Gasteiger partial charge in [-0.2, -0.15) is 0 Å². The monoisotopic (exact) mass is 255 g/mol. The topological polar surface area (TPSA) is 9.72 Å². The first-order valence-electron chi connectivity index (χ1n) is 7.67. The van der Waals surface area contributed by atoms with Crippen molar-refractivity contribution >= 4 is 0 Å².